The Morgan fingerprint density at radius 2 is 1.25 bits per heavy atom. The summed E-state index contributed by atoms with van der Waals surface area (Å²) in [7, 11) is 4.89. The van der Waals surface area contributed by atoms with Crippen LogP contribution in [-0.4, -0.2) is 80.6 Å². The number of carbonyl (C=O) groups is 4. The molecule has 310 valence electrons. The highest BCUT2D eigenvalue weighted by Crippen LogP contribution is 2.33. The van der Waals surface area contributed by atoms with Crippen LogP contribution in [0.15, 0.2) is 61.2 Å². The number of aromatic nitrogens is 10. The molecule has 4 heterocycles. The summed E-state index contributed by atoms with van der Waals surface area (Å²) in [6.07, 6.45) is 7.07. The number of primary amides is 1. The van der Waals surface area contributed by atoms with E-state index < -0.39 is 5.97 Å². The lowest BCUT2D eigenvalue weighted by molar-refractivity contribution is -0.119. The van der Waals surface area contributed by atoms with Crippen molar-refractivity contribution in [2.75, 3.05) is 23.1 Å². The molecule has 20 heteroatoms. The third-order valence-corrected chi connectivity index (χ3v) is 9.52. The zero-order chi connectivity index (χ0) is 43.1. The fourth-order valence-electron chi connectivity index (χ4n) is 5.70. The maximum atomic E-state index is 12.2. The number of amides is 2. The third-order valence-electron chi connectivity index (χ3n) is 9.34. The van der Waals surface area contributed by atoms with Crippen LogP contribution in [0.3, 0.4) is 0 Å². The van der Waals surface area contributed by atoms with E-state index in [9.17, 15) is 19.2 Å². The normalized spacial score (nSPS) is 12.8. The van der Waals surface area contributed by atoms with Crippen molar-refractivity contribution < 1.29 is 23.9 Å². The molecule has 0 saturated heterocycles. The number of Topliss-reactive ketones (excluding diaryl/α,β-unsaturated/α-hetero) is 1. The number of anilines is 5. The molecule has 0 aliphatic heterocycles. The number of ether oxygens (including phenoxy) is 1. The summed E-state index contributed by atoms with van der Waals surface area (Å²) >= 11 is 5.91. The molecule has 2 aliphatic rings. The summed E-state index contributed by atoms with van der Waals surface area (Å²) < 4.78 is 8.10. The van der Waals surface area contributed by atoms with Crippen molar-refractivity contribution in [3.63, 3.8) is 0 Å². The zero-order valence-corrected chi connectivity index (χ0v) is 34.5. The maximum absolute atomic E-state index is 12.2. The first-order valence-electron chi connectivity index (χ1n) is 18.8. The Balaban J connectivity index is 0.000000180. The number of carbonyl (C=O) groups excluding carboxylic acids is 4. The molecule has 2 aliphatic carbocycles. The van der Waals surface area contributed by atoms with E-state index in [-0.39, 0.29) is 51.8 Å². The standard InChI is InChI=1S/C20H21N7O3.C16H15ClN6O.C4H7NO/c1-11-13(18-21-10-27(2)26-18)5-4-6-14(11)22-15-9-16(23-19(28)12-7-8-12)24-25-17(15)20(29)30-3;1-9-11(16-18-8-23(3)22-16)5-4-6-12(9)19-13-7-14(17)20-21-15(13)10(2)24;5-4(6)3-1-2-3/h4-6,9-10,12H,7-8H2,1-3H3,(H2,22,23,24,28);4-8H,1-3H3,(H,19,20);3H,1-2H2,(H2,5,6). The number of esters is 1. The van der Waals surface area contributed by atoms with Crippen molar-refractivity contribution in [2.45, 2.75) is 46.5 Å². The first-order valence-corrected chi connectivity index (χ1v) is 19.2. The molecule has 2 amide bonds. The summed E-state index contributed by atoms with van der Waals surface area (Å²) in [6.45, 7) is 5.32. The highest BCUT2D eigenvalue weighted by Gasteiger charge is 2.30. The van der Waals surface area contributed by atoms with Gasteiger partial charge < -0.3 is 26.4 Å². The van der Waals surface area contributed by atoms with Crippen LogP contribution >= 0.6 is 11.6 Å². The lowest BCUT2D eigenvalue weighted by atomic mass is 10.1. The summed E-state index contributed by atoms with van der Waals surface area (Å²) in [5.74, 6) is 0.705. The van der Waals surface area contributed by atoms with Crippen LogP contribution in [0.2, 0.25) is 5.15 Å². The molecule has 60 heavy (non-hydrogen) atoms. The first kappa shape index (κ1) is 42.5. The lowest BCUT2D eigenvalue weighted by Gasteiger charge is -2.14. The van der Waals surface area contributed by atoms with Gasteiger partial charge in [-0.15, -0.1) is 20.4 Å². The largest absolute Gasteiger partial charge is 0.464 e. The number of halogens is 1. The number of hydrogen-bond acceptors (Lipinski definition) is 15. The van der Waals surface area contributed by atoms with Gasteiger partial charge in [0.25, 0.3) is 0 Å². The van der Waals surface area contributed by atoms with Crippen molar-refractivity contribution in [1.29, 1.82) is 0 Å². The minimum Gasteiger partial charge on any atom is -0.464 e. The fraction of sp³-hybridized carbons (Fsp3) is 0.300. The number of nitrogens with two attached hydrogens (primary N) is 1. The molecule has 2 fully saturated rings. The van der Waals surface area contributed by atoms with Gasteiger partial charge in [0.15, 0.2) is 39.8 Å². The van der Waals surface area contributed by atoms with Gasteiger partial charge in [0, 0.05) is 67.5 Å². The molecule has 0 bridgehead atoms. The molecule has 5 N–H and O–H groups in total. The van der Waals surface area contributed by atoms with Gasteiger partial charge in [-0.2, -0.15) is 10.2 Å². The highest BCUT2D eigenvalue weighted by atomic mass is 35.5. The Morgan fingerprint density at radius 3 is 1.68 bits per heavy atom. The van der Waals surface area contributed by atoms with Gasteiger partial charge >= 0.3 is 5.97 Å². The number of hydrogen-bond donors (Lipinski definition) is 4. The van der Waals surface area contributed by atoms with Gasteiger partial charge in [0.05, 0.1) is 18.5 Å². The summed E-state index contributed by atoms with van der Waals surface area (Å²) in [6, 6.07) is 14.5. The Kier molecular flexibility index (Phi) is 13.2. The quantitative estimate of drug-likeness (QED) is 0.0926. The molecule has 2 aromatic carbocycles. The lowest BCUT2D eigenvalue weighted by Crippen LogP contribution is -2.17. The van der Waals surface area contributed by atoms with Crippen molar-refractivity contribution in [3.05, 3.63) is 88.9 Å². The molecule has 2 saturated carbocycles. The third kappa shape index (κ3) is 10.7. The van der Waals surface area contributed by atoms with E-state index in [1.54, 1.807) is 41.2 Å². The monoisotopic (exact) mass is 834 g/mol. The molecule has 0 radical (unpaired) electrons. The van der Waals surface area contributed by atoms with Gasteiger partial charge in [0.2, 0.25) is 11.8 Å². The number of rotatable bonds is 11. The van der Waals surface area contributed by atoms with Crippen molar-refractivity contribution in [1.82, 2.24) is 49.9 Å². The van der Waals surface area contributed by atoms with E-state index in [1.165, 1.54) is 14.0 Å². The fourth-order valence-corrected chi connectivity index (χ4v) is 5.85. The Labute approximate surface area is 349 Å². The van der Waals surface area contributed by atoms with Crippen LogP contribution < -0.4 is 21.7 Å². The predicted molar refractivity (Wildman–Crippen MR) is 223 cm³/mol. The van der Waals surface area contributed by atoms with E-state index in [0.29, 0.717) is 23.0 Å². The van der Waals surface area contributed by atoms with Crippen LogP contribution in [0, 0.1) is 25.7 Å². The summed E-state index contributed by atoms with van der Waals surface area (Å²) in [5, 5.41) is 33.6. The summed E-state index contributed by atoms with van der Waals surface area (Å²) in [4.78, 5) is 54.6. The second-order valence-electron chi connectivity index (χ2n) is 14.1. The van der Waals surface area contributed by atoms with Gasteiger partial charge in [-0.25, -0.2) is 14.8 Å². The van der Waals surface area contributed by atoms with Gasteiger partial charge in [-0.3, -0.25) is 23.7 Å². The van der Waals surface area contributed by atoms with Crippen LogP contribution in [0.25, 0.3) is 22.8 Å². The molecule has 8 rings (SSSR count). The van der Waals surface area contributed by atoms with Gasteiger partial charge in [0.1, 0.15) is 12.7 Å². The second kappa shape index (κ2) is 18.6. The Bertz CT molecular complexity index is 2570. The number of ketones is 1. The Morgan fingerprint density at radius 1 is 0.733 bits per heavy atom. The number of benzene rings is 2. The molecule has 4 aromatic heterocycles. The molecule has 0 atom stereocenters. The van der Waals surface area contributed by atoms with Crippen molar-refractivity contribution >= 4 is 63.7 Å². The van der Waals surface area contributed by atoms with Crippen LogP contribution in [-0.2, 0) is 28.4 Å². The zero-order valence-electron chi connectivity index (χ0n) is 33.7. The van der Waals surface area contributed by atoms with Crippen LogP contribution in [0.4, 0.5) is 28.6 Å². The number of nitrogens with zero attached hydrogens (tertiary/aromatic N) is 10. The topological polar surface area (TPSA) is 253 Å². The molecule has 19 nitrogen and oxygen atoms in total. The SMILES string of the molecule is CC(=O)c1nnc(Cl)cc1Nc1cccc(-c2ncn(C)n2)c1C.COC(=O)c1nnc(NC(=O)C2CC2)cc1Nc1cccc(-c2ncn(C)n2)c1C.NC(=O)C1CC1. The second-order valence-corrected chi connectivity index (χ2v) is 14.5. The van der Waals surface area contributed by atoms with Crippen LogP contribution in [0.5, 0.6) is 0 Å². The van der Waals surface area contributed by atoms with E-state index >= 15 is 0 Å². The smallest absolute Gasteiger partial charge is 0.360 e. The molecule has 0 spiro atoms. The van der Waals surface area contributed by atoms with E-state index in [1.807, 2.05) is 57.3 Å². The predicted octanol–water partition coefficient (Wildman–Crippen LogP) is 5.52. The van der Waals surface area contributed by atoms with Crippen LogP contribution in [0.1, 0.15) is 64.7 Å². The minimum absolute atomic E-state index is 0.0164. The van der Waals surface area contributed by atoms with E-state index in [4.69, 9.17) is 22.1 Å². The minimum atomic E-state index is -0.634. The number of aryl methyl sites for hydroxylation is 2. The first-order chi connectivity index (χ1) is 28.7. The van der Waals surface area contributed by atoms with Gasteiger partial charge in [-0.1, -0.05) is 35.9 Å². The number of methoxy groups -OCH3 is 1. The highest BCUT2D eigenvalue weighted by molar-refractivity contribution is 6.29. The molecular weight excluding hydrogens is 792 g/mol. The maximum Gasteiger partial charge on any atom is 0.360 e. The molecule has 6 aromatic rings. The average molecular weight is 835 g/mol. The van der Waals surface area contributed by atoms with E-state index in [2.05, 4.69) is 56.5 Å². The van der Waals surface area contributed by atoms with Crippen molar-refractivity contribution in [3.8, 4) is 22.8 Å². The van der Waals surface area contributed by atoms with Gasteiger partial charge in [-0.05, 0) is 62.8 Å². The van der Waals surface area contributed by atoms with E-state index in [0.717, 1.165) is 59.3 Å². The Hall–Kier alpha value is -7.15. The number of nitrogens with one attached hydrogen (secondary N) is 3. The summed E-state index contributed by atoms with van der Waals surface area (Å²) in [5.41, 5.74) is 11.1. The van der Waals surface area contributed by atoms with Crippen molar-refractivity contribution in [2.24, 2.45) is 31.7 Å². The molecule has 0 unspecified atom stereocenters. The molecular formula is C40H43ClN14O5. The average Bonchev–Trinajstić information content (AvgIpc) is 4.16.